The van der Waals surface area contributed by atoms with Crippen molar-refractivity contribution in [1.82, 2.24) is 4.90 Å². The maximum absolute atomic E-state index is 13.0. The third kappa shape index (κ3) is 2.61. The highest BCUT2D eigenvalue weighted by molar-refractivity contribution is 7.10. The average Bonchev–Trinajstić information content (AvgIpc) is 3.37. The van der Waals surface area contributed by atoms with Gasteiger partial charge in [0.25, 0.3) is 0 Å². The van der Waals surface area contributed by atoms with E-state index in [2.05, 4.69) is 0 Å². The second-order valence-electron chi connectivity index (χ2n) is 7.14. The highest BCUT2D eigenvalue weighted by Gasteiger charge is 2.72. The van der Waals surface area contributed by atoms with Gasteiger partial charge >= 0.3 is 5.97 Å². The first kappa shape index (κ1) is 17.9. The van der Waals surface area contributed by atoms with Gasteiger partial charge in [-0.1, -0.05) is 36.4 Å². The largest absolute Gasteiger partial charge is 0.464 e. The molecule has 1 aromatic heterocycles. The Morgan fingerprint density at radius 1 is 1.19 bits per heavy atom. The van der Waals surface area contributed by atoms with Crippen LogP contribution in [0.5, 0.6) is 0 Å². The van der Waals surface area contributed by atoms with Crippen LogP contribution in [0.2, 0.25) is 0 Å². The van der Waals surface area contributed by atoms with Gasteiger partial charge in [-0.05, 0) is 17.0 Å². The number of fused-ring (bicyclic) bond motifs is 1. The number of benzene rings is 1. The Bertz CT molecular complexity index is 883. The number of carbonyl (C=O) groups excluding carboxylic acids is 3. The smallest absolute Gasteiger partial charge is 0.369 e. The maximum Gasteiger partial charge on any atom is 0.369 e. The van der Waals surface area contributed by atoms with Gasteiger partial charge in [0.15, 0.2) is 0 Å². The molecular weight excluding hydrogens is 364 g/mol. The van der Waals surface area contributed by atoms with Gasteiger partial charge in [0.05, 0.1) is 12.0 Å². The number of quaternary nitrogens is 1. The van der Waals surface area contributed by atoms with Gasteiger partial charge < -0.3 is 10.1 Å². The Balaban J connectivity index is 1.85. The zero-order valence-electron chi connectivity index (χ0n) is 15.1. The number of hydrogen-bond donors (Lipinski definition) is 1. The number of nitrogens with two attached hydrogens (primary N) is 1. The molecule has 2 saturated heterocycles. The quantitative estimate of drug-likeness (QED) is 0.622. The van der Waals surface area contributed by atoms with Crippen molar-refractivity contribution in [3.05, 3.63) is 58.3 Å². The molecule has 140 valence electrons. The summed E-state index contributed by atoms with van der Waals surface area (Å²) in [5, 5.41) is 3.84. The molecule has 2 aromatic rings. The van der Waals surface area contributed by atoms with Crippen LogP contribution in [0.25, 0.3) is 0 Å². The van der Waals surface area contributed by atoms with E-state index in [1.165, 1.54) is 30.4 Å². The molecule has 0 saturated carbocycles. The topological polar surface area (TPSA) is 80.3 Å². The molecule has 1 aromatic carbocycles. The van der Waals surface area contributed by atoms with Crippen molar-refractivity contribution >= 4 is 29.1 Å². The first-order chi connectivity index (χ1) is 13.0. The molecule has 6 nitrogen and oxygen atoms in total. The molecular formula is C20H21N2O4S+. The summed E-state index contributed by atoms with van der Waals surface area (Å²) in [6, 6.07) is 13.2. The molecule has 2 fully saturated rings. The van der Waals surface area contributed by atoms with Crippen LogP contribution in [0.3, 0.4) is 0 Å². The molecule has 0 unspecified atom stereocenters. The fraction of sp³-hybridized carbons (Fsp3) is 0.350. The van der Waals surface area contributed by atoms with Gasteiger partial charge in [0, 0.05) is 13.5 Å². The predicted octanol–water partition coefficient (Wildman–Crippen LogP) is 0.752. The maximum atomic E-state index is 13.0. The molecule has 0 aliphatic carbocycles. The molecule has 2 aliphatic heterocycles. The van der Waals surface area contributed by atoms with E-state index in [1.54, 1.807) is 0 Å². The zero-order valence-corrected chi connectivity index (χ0v) is 15.9. The lowest BCUT2D eigenvalue weighted by atomic mass is 9.76. The number of carbonyl (C=O) groups is 3. The second kappa shape index (κ2) is 6.58. The monoisotopic (exact) mass is 385 g/mol. The molecule has 4 atom stereocenters. The van der Waals surface area contributed by atoms with Crippen LogP contribution in [0.4, 0.5) is 0 Å². The number of esters is 1. The molecule has 7 heteroatoms. The van der Waals surface area contributed by atoms with Gasteiger partial charge in [0.2, 0.25) is 17.4 Å². The van der Waals surface area contributed by atoms with E-state index in [0.717, 1.165) is 10.4 Å². The van der Waals surface area contributed by atoms with Gasteiger partial charge in [0.1, 0.15) is 17.9 Å². The van der Waals surface area contributed by atoms with Crippen molar-refractivity contribution in [2.24, 2.45) is 11.8 Å². The molecule has 0 radical (unpaired) electrons. The van der Waals surface area contributed by atoms with Crippen LogP contribution < -0.4 is 5.32 Å². The Hall–Kier alpha value is -2.51. The summed E-state index contributed by atoms with van der Waals surface area (Å²) in [7, 11) is 2.83. The number of ether oxygens (including phenoxy) is 1. The van der Waals surface area contributed by atoms with E-state index >= 15 is 0 Å². The van der Waals surface area contributed by atoms with Gasteiger partial charge in [-0.2, -0.15) is 0 Å². The summed E-state index contributed by atoms with van der Waals surface area (Å²) < 4.78 is 5.15. The number of thiophene rings is 1. The predicted molar refractivity (Wildman–Crippen MR) is 98.6 cm³/mol. The van der Waals surface area contributed by atoms with Crippen molar-refractivity contribution in [2.75, 3.05) is 14.2 Å². The van der Waals surface area contributed by atoms with Gasteiger partial charge in [-0.15, -0.1) is 11.3 Å². The molecule has 2 amide bonds. The van der Waals surface area contributed by atoms with E-state index < -0.39 is 23.3 Å². The molecule has 2 N–H and O–H groups in total. The number of amides is 2. The van der Waals surface area contributed by atoms with Crippen LogP contribution in [-0.4, -0.2) is 42.4 Å². The highest BCUT2D eigenvalue weighted by Crippen LogP contribution is 2.46. The highest BCUT2D eigenvalue weighted by atomic mass is 32.1. The van der Waals surface area contributed by atoms with Crippen molar-refractivity contribution in [2.45, 2.75) is 18.0 Å². The first-order valence-electron chi connectivity index (χ1n) is 8.83. The molecule has 0 spiro atoms. The minimum Gasteiger partial charge on any atom is -0.464 e. The Morgan fingerprint density at radius 2 is 1.93 bits per heavy atom. The van der Waals surface area contributed by atoms with Crippen LogP contribution in [0, 0.1) is 11.8 Å². The van der Waals surface area contributed by atoms with E-state index in [-0.39, 0.29) is 17.9 Å². The third-order valence-corrected chi connectivity index (χ3v) is 6.74. The molecule has 0 bridgehead atoms. The lowest BCUT2D eigenvalue weighted by Gasteiger charge is -2.28. The molecule has 3 heterocycles. The minimum atomic E-state index is -1.16. The summed E-state index contributed by atoms with van der Waals surface area (Å²) in [5.41, 5.74) is -0.230. The van der Waals surface area contributed by atoms with Gasteiger partial charge in [-0.25, -0.2) is 4.79 Å². The SMILES string of the molecule is COC(=O)[C@]1(Cc2ccccc2)[NH2+][C@H](c2cccs2)[C@H]2C(=O)N(C)C(=O)[C@H]21. The minimum absolute atomic E-state index is 0.224. The van der Waals surface area contributed by atoms with Crippen LogP contribution >= 0.6 is 11.3 Å². The number of rotatable bonds is 4. The number of methoxy groups -OCH3 is 1. The van der Waals surface area contributed by atoms with Gasteiger partial charge in [-0.3, -0.25) is 14.5 Å². The van der Waals surface area contributed by atoms with Crippen molar-refractivity contribution < 1.29 is 24.4 Å². The lowest BCUT2D eigenvalue weighted by Crippen LogP contribution is -2.98. The van der Waals surface area contributed by atoms with Crippen LogP contribution in [0.15, 0.2) is 47.8 Å². The summed E-state index contributed by atoms with van der Waals surface area (Å²) in [4.78, 5) is 41.1. The number of hydrogen-bond acceptors (Lipinski definition) is 5. The summed E-state index contributed by atoms with van der Waals surface area (Å²) in [5.74, 6) is -2.30. The molecule has 27 heavy (non-hydrogen) atoms. The number of likely N-dealkylation sites (tertiary alicyclic amines) is 1. The average molecular weight is 385 g/mol. The van der Waals surface area contributed by atoms with Crippen molar-refractivity contribution in [1.29, 1.82) is 0 Å². The van der Waals surface area contributed by atoms with Crippen molar-refractivity contribution in [3.63, 3.8) is 0 Å². The summed E-state index contributed by atoms with van der Waals surface area (Å²) in [6.45, 7) is 0. The van der Waals surface area contributed by atoms with E-state index in [4.69, 9.17) is 4.74 Å². The summed E-state index contributed by atoms with van der Waals surface area (Å²) in [6.07, 6.45) is 0.330. The third-order valence-electron chi connectivity index (χ3n) is 5.77. The number of imide groups is 1. The number of nitrogens with zero attached hydrogens (tertiary/aromatic N) is 1. The van der Waals surface area contributed by atoms with Crippen LogP contribution in [0.1, 0.15) is 16.5 Å². The lowest BCUT2D eigenvalue weighted by molar-refractivity contribution is -0.733. The van der Waals surface area contributed by atoms with E-state index in [0.29, 0.717) is 6.42 Å². The molecule has 4 rings (SSSR count). The van der Waals surface area contributed by atoms with E-state index in [1.807, 2.05) is 53.2 Å². The first-order valence-corrected chi connectivity index (χ1v) is 9.71. The fourth-order valence-electron chi connectivity index (χ4n) is 4.57. The Kier molecular flexibility index (Phi) is 4.36. The normalized spacial score (nSPS) is 29.9. The second-order valence-corrected chi connectivity index (χ2v) is 8.12. The standard InChI is InChI=1S/C20H20N2O4S/c1-22-17(23)14-15(18(22)24)20(19(25)26-2,11-12-7-4-3-5-8-12)21-16(14)13-9-6-10-27-13/h3-10,14-16,21H,11H2,1-2H3/p+1/t14-,15-,16+,20+/m0/s1. The van der Waals surface area contributed by atoms with Crippen molar-refractivity contribution in [3.8, 4) is 0 Å². The fourth-order valence-corrected chi connectivity index (χ4v) is 5.41. The zero-order chi connectivity index (χ0) is 19.2. The Labute approximate surface area is 161 Å². The van der Waals surface area contributed by atoms with E-state index in [9.17, 15) is 14.4 Å². The molecule has 2 aliphatic rings. The Morgan fingerprint density at radius 3 is 2.56 bits per heavy atom. The summed E-state index contributed by atoms with van der Waals surface area (Å²) >= 11 is 1.53. The van der Waals surface area contributed by atoms with Crippen LogP contribution in [-0.2, 0) is 25.5 Å².